The molecule has 0 bridgehead atoms. The molecule has 96 valence electrons. The molecule has 0 aliphatic rings. The van der Waals surface area contributed by atoms with Crippen molar-refractivity contribution in [2.24, 2.45) is 0 Å². The first-order valence-corrected chi connectivity index (χ1v) is 5.74. The fourth-order valence-corrected chi connectivity index (χ4v) is 1.66. The Hall–Kier alpha value is -2.02. The van der Waals surface area contributed by atoms with Crippen LogP contribution in [0.3, 0.4) is 0 Å². The lowest BCUT2D eigenvalue weighted by Crippen LogP contribution is -2.24. The highest BCUT2D eigenvalue weighted by molar-refractivity contribution is 5.94. The van der Waals surface area contributed by atoms with E-state index in [1.807, 2.05) is 12.1 Å². The summed E-state index contributed by atoms with van der Waals surface area (Å²) >= 11 is 0. The van der Waals surface area contributed by atoms with E-state index >= 15 is 0 Å². The van der Waals surface area contributed by atoms with Crippen molar-refractivity contribution in [3.05, 3.63) is 29.3 Å². The van der Waals surface area contributed by atoms with E-state index in [0.717, 1.165) is 11.3 Å². The van der Waals surface area contributed by atoms with Crippen molar-refractivity contribution in [1.29, 1.82) is 5.26 Å². The molecule has 4 heteroatoms. The highest BCUT2D eigenvalue weighted by atomic mass is 16.5. The third-order valence-electron chi connectivity index (χ3n) is 2.60. The van der Waals surface area contributed by atoms with Crippen molar-refractivity contribution in [2.75, 3.05) is 13.7 Å². The molecular weight excluding hydrogens is 228 g/mol. The predicted molar refractivity (Wildman–Crippen MR) is 69.6 cm³/mol. The summed E-state index contributed by atoms with van der Waals surface area (Å²) in [6.07, 6.45) is 0. The van der Waals surface area contributed by atoms with Crippen LogP contribution in [0.1, 0.15) is 36.7 Å². The molecule has 0 saturated carbocycles. The van der Waals surface area contributed by atoms with Gasteiger partial charge in [0.05, 0.1) is 13.2 Å². The molecule has 0 heterocycles. The van der Waals surface area contributed by atoms with Crippen LogP contribution in [0.4, 0.5) is 0 Å². The number of hydrogen-bond donors (Lipinski definition) is 1. The number of carbonyl (C=O) groups is 1. The van der Waals surface area contributed by atoms with Crippen LogP contribution in [0.5, 0.6) is 5.75 Å². The van der Waals surface area contributed by atoms with Crippen LogP contribution in [-0.4, -0.2) is 19.6 Å². The van der Waals surface area contributed by atoms with Crippen molar-refractivity contribution in [2.45, 2.75) is 26.2 Å². The fourth-order valence-electron chi connectivity index (χ4n) is 1.66. The van der Waals surface area contributed by atoms with E-state index in [1.165, 1.54) is 0 Å². The molecular formula is C14H18N2O2. The van der Waals surface area contributed by atoms with Gasteiger partial charge in [-0.1, -0.05) is 20.8 Å². The number of rotatable bonds is 3. The molecule has 18 heavy (non-hydrogen) atoms. The average Bonchev–Trinajstić information content (AvgIpc) is 2.34. The van der Waals surface area contributed by atoms with Gasteiger partial charge in [-0.3, -0.25) is 4.79 Å². The molecule has 0 saturated heterocycles. The molecule has 0 radical (unpaired) electrons. The van der Waals surface area contributed by atoms with Crippen LogP contribution >= 0.6 is 0 Å². The maximum atomic E-state index is 11.8. The molecule has 0 aliphatic heterocycles. The molecule has 0 unspecified atom stereocenters. The van der Waals surface area contributed by atoms with Crippen LogP contribution in [0, 0.1) is 11.3 Å². The van der Waals surface area contributed by atoms with Crippen molar-refractivity contribution in [1.82, 2.24) is 5.32 Å². The molecule has 1 aromatic carbocycles. The smallest absolute Gasteiger partial charge is 0.252 e. The maximum Gasteiger partial charge on any atom is 0.252 e. The number of nitrogens with zero attached hydrogens (tertiary/aromatic N) is 1. The number of methoxy groups -OCH3 is 1. The summed E-state index contributed by atoms with van der Waals surface area (Å²) in [5.74, 6) is 0.518. The molecule has 0 aromatic heterocycles. The first-order chi connectivity index (χ1) is 8.40. The second kappa shape index (κ2) is 5.54. The molecule has 0 atom stereocenters. The number of nitrogens with one attached hydrogen (secondary N) is 1. The van der Waals surface area contributed by atoms with Gasteiger partial charge >= 0.3 is 0 Å². The number of benzene rings is 1. The summed E-state index contributed by atoms with van der Waals surface area (Å²) in [6, 6.07) is 7.17. The van der Waals surface area contributed by atoms with E-state index in [0.29, 0.717) is 5.56 Å². The van der Waals surface area contributed by atoms with E-state index in [9.17, 15) is 4.79 Å². The average molecular weight is 246 g/mol. The van der Waals surface area contributed by atoms with Crippen LogP contribution in [0.15, 0.2) is 18.2 Å². The second-order valence-electron chi connectivity index (χ2n) is 5.01. The molecule has 0 aliphatic carbocycles. The van der Waals surface area contributed by atoms with Crippen molar-refractivity contribution in [3.8, 4) is 11.8 Å². The number of carbonyl (C=O) groups excluding carboxylic acids is 1. The summed E-state index contributed by atoms with van der Waals surface area (Å²) in [6.45, 7) is 6.18. The van der Waals surface area contributed by atoms with E-state index in [2.05, 4.69) is 26.1 Å². The molecule has 1 amide bonds. The lowest BCUT2D eigenvalue weighted by molar-refractivity contribution is 0.0958. The quantitative estimate of drug-likeness (QED) is 0.832. The van der Waals surface area contributed by atoms with Crippen LogP contribution in [0.25, 0.3) is 0 Å². The second-order valence-corrected chi connectivity index (χ2v) is 5.01. The van der Waals surface area contributed by atoms with Crippen molar-refractivity contribution in [3.63, 3.8) is 0 Å². The Balaban J connectivity index is 3.12. The highest BCUT2D eigenvalue weighted by Gasteiger charge is 2.20. The number of hydrogen-bond acceptors (Lipinski definition) is 3. The standard InChI is InChI=1S/C14H18N2O2/c1-14(2,3)11-9-10(5-6-12(11)18-4)13(17)16-8-7-15/h5-6,9H,8H2,1-4H3,(H,16,17). The zero-order valence-corrected chi connectivity index (χ0v) is 11.2. The van der Waals surface area contributed by atoms with Crippen LogP contribution in [-0.2, 0) is 5.41 Å². The molecule has 1 aromatic rings. The third-order valence-corrected chi connectivity index (χ3v) is 2.60. The van der Waals surface area contributed by atoms with Gasteiger partial charge in [0.25, 0.3) is 5.91 Å². The van der Waals surface area contributed by atoms with E-state index < -0.39 is 0 Å². The van der Waals surface area contributed by atoms with E-state index in [-0.39, 0.29) is 17.9 Å². The Morgan fingerprint density at radius 3 is 2.61 bits per heavy atom. The molecule has 1 N–H and O–H groups in total. The summed E-state index contributed by atoms with van der Waals surface area (Å²) in [5, 5.41) is 11.0. The van der Waals surface area contributed by atoms with Gasteiger partial charge in [-0.15, -0.1) is 0 Å². The van der Waals surface area contributed by atoms with Gasteiger partial charge in [0.1, 0.15) is 12.3 Å². The lowest BCUT2D eigenvalue weighted by atomic mass is 9.85. The number of amides is 1. The minimum atomic E-state index is -0.246. The molecule has 0 spiro atoms. The predicted octanol–water partition coefficient (Wildman–Crippen LogP) is 2.25. The maximum absolute atomic E-state index is 11.8. The van der Waals surface area contributed by atoms with Gasteiger partial charge in [0.2, 0.25) is 0 Å². The Morgan fingerprint density at radius 2 is 2.11 bits per heavy atom. The zero-order valence-electron chi connectivity index (χ0n) is 11.2. The van der Waals surface area contributed by atoms with Crippen LogP contribution < -0.4 is 10.1 Å². The lowest BCUT2D eigenvalue weighted by Gasteiger charge is -2.22. The summed E-state index contributed by atoms with van der Waals surface area (Å²) in [7, 11) is 1.61. The van der Waals surface area contributed by atoms with E-state index in [4.69, 9.17) is 10.00 Å². The highest BCUT2D eigenvalue weighted by Crippen LogP contribution is 2.31. The Labute approximate surface area is 108 Å². The largest absolute Gasteiger partial charge is 0.496 e. The van der Waals surface area contributed by atoms with Gasteiger partial charge in [-0.2, -0.15) is 5.26 Å². The monoisotopic (exact) mass is 246 g/mol. The Kier molecular flexibility index (Phi) is 4.33. The van der Waals surface area contributed by atoms with Crippen molar-refractivity contribution < 1.29 is 9.53 Å². The van der Waals surface area contributed by atoms with Gasteiger partial charge in [0, 0.05) is 11.1 Å². The number of nitriles is 1. The van der Waals surface area contributed by atoms with Crippen LogP contribution in [0.2, 0.25) is 0 Å². The zero-order chi connectivity index (χ0) is 13.8. The minimum absolute atomic E-state index is 0.00964. The molecule has 4 nitrogen and oxygen atoms in total. The topological polar surface area (TPSA) is 62.1 Å². The normalized spacial score (nSPS) is 10.6. The van der Waals surface area contributed by atoms with Crippen molar-refractivity contribution >= 4 is 5.91 Å². The molecule has 1 rings (SSSR count). The summed E-state index contributed by atoms with van der Waals surface area (Å²) in [5.41, 5.74) is 1.39. The van der Waals surface area contributed by atoms with Gasteiger partial charge < -0.3 is 10.1 Å². The fraction of sp³-hybridized carbons (Fsp3) is 0.429. The van der Waals surface area contributed by atoms with Gasteiger partial charge in [-0.25, -0.2) is 0 Å². The Bertz CT molecular complexity index is 482. The molecule has 0 fully saturated rings. The first-order valence-electron chi connectivity index (χ1n) is 5.74. The number of ether oxygens (including phenoxy) is 1. The SMILES string of the molecule is COc1ccc(C(=O)NCC#N)cc1C(C)(C)C. The van der Waals surface area contributed by atoms with Gasteiger partial charge in [0.15, 0.2) is 0 Å². The van der Waals surface area contributed by atoms with E-state index in [1.54, 1.807) is 19.2 Å². The first kappa shape index (κ1) is 14.0. The Morgan fingerprint density at radius 1 is 1.44 bits per heavy atom. The third kappa shape index (κ3) is 3.24. The summed E-state index contributed by atoms with van der Waals surface area (Å²) < 4.78 is 5.30. The minimum Gasteiger partial charge on any atom is -0.496 e. The van der Waals surface area contributed by atoms with Gasteiger partial charge in [-0.05, 0) is 23.6 Å². The summed E-state index contributed by atoms with van der Waals surface area (Å²) in [4.78, 5) is 11.8.